The lowest BCUT2D eigenvalue weighted by molar-refractivity contribution is 1.01. The normalized spacial score (nSPS) is 12.0. The van der Waals surface area contributed by atoms with E-state index in [2.05, 4.69) is 367 Å². The molecule has 5 heterocycles. The molecule has 92 heavy (non-hydrogen) atoms. The molecule has 5 aromatic heterocycles. The second-order valence-corrected chi connectivity index (χ2v) is 24.2. The molecule has 0 saturated carbocycles. The van der Waals surface area contributed by atoms with Gasteiger partial charge in [-0.3, -0.25) is 0 Å². The Morgan fingerprint density at radius 3 is 0.565 bits per heavy atom. The molecular formula is C85H57N7. The zero-order valence-electron chi connectivity index (χ0n) is 50.3. The highest BCUT2D eigenvalue weighted by Crippen LogP contribution is 2.45. The standard InChI is InChI=1S/C85H57N7/c1-86-76-52-50-64(87(56-34-42-60(43-35-56)89-78-26-10-2-18-66(78)67-19-3-11-27-79(67)89)57-36-44-61(45-37-57)90-80-28-12-4-20-68(80)69-21-5-13-29-81(69)90)54-74(76)75-55-65(51-53-77(75)86)88(58-38-46-62(47-39-58)91-82-30-14-6-22-70(82)71-23-7-15-31-83(71)91)59-40-48-63(49-41-59)92-84-32-16-8-24-72(84)73-25-9-17-33-85(73)92/h2-55H,1H3. The minimum atomic E-state index is 1.05. The van der Waals surface area contributed by atoms with Crippen molar-refractivity contribution in [1.82, 2.24) is 22.8 Å². The van der Waals surface area contributed by atoms with E-state index in [0.29, 0.717) is 0 Å². The fourth-order valence-corrected chi connectivity index (χ4v) is 15.2. The van der Waals surface area contributed by atoms with Crippen molar-refractivity contribution in [2.24, 2.45) is 7.05 Å². The Labute approximate surface area is 530 Å². The van der Waals surface area contributed by atoms with E-state index in [1.54, 1.807) is 0 Å². The van der Waals surface area contributed by atoms with Gasteiger partial charge in [0.05, 0.1) is 44.1 Å². The molecule has 0 amide bonds. The maximum absolute atomic E-state index is 2.41. The lowest BCUT2D eigenvalue weighted by Gasteiger charge is -2.27. The SMILES string of the molecule is Cn1c2ccc(N(c3ccc(-n4c5ccccc5c5ccccc54)cc3)c3ccc(-n4c5ccccc5c5ccccc54)cc3)cc2c2cc(N(c3ccc(-n4c5ccccc5c5ccccc54)cc3)c3ccc(-n4c5ccccc5c5ccccc54)cc3)ccc21. The maximum atomic E-state index is 2.41. The van der Waals surface area contributed by atoms with Crippen LogP contribution in [0.1, 0.15) is 0 Å². The summed E-state index contributed by atoms with van der Waals surface area (Å²) >= 11 is 0. The average molecular weight is 1180 g/mol. The Kier molecular flexibility index (Phi) is 11.4. The number of hydrogen-bond donors (Lipinski definition) is 0. The second kappa shape index (κ2) is 20.4. The Balaban J connectivity index is 0.767. The molecule has 0 aliphatic heterocycles. The molecule has 0 saturated heterocycles. The summed E-state index contributed by atoms with van der Waals surface area (Å²) in [5.41, 5.74) is 22.6. The van der Waals surface area contributed by atoms with Crippen LogP contribution in [0.3, 0.4) is 0 Å². The molecule has 0 aliphatic carbocycles. The molecule has 0 fully saturated rings. The van der Waals surface area contributed by atoms with Crippen molar-refractivity contribution in [2.75, 3.05) is 9.80 Å². The molecule has 19 rings (SSSR count). The van der Waals surface area contributed by atoms with Gasteiger partial charge in [0, 0.05) is 129 Å². The number of benzene rings is 14. The molecule has 14 aromatic carbocycles. The molecule has 0 spiro atoms. The Bertz CT molecular complexity index is 5230. The fraction of sp³-hybridized carbons (Fsp3) is 0.0118. The van der Waals surface area contributed by atoms with Crippen LogP contribution in [0.15, 0.2) is 328 Å². The summed E-state index contributed by atoms with van der Waals surface area (Å²) in [6.45, 7) is 0. The summed E-state index contributed by atoms with van der Waals surface area (Å²) in [7, 11) is 2.20. The largest absolute Gasteiger partial charge is 0.344 e. The van der Waals surface area contributed by atoms with Gasteiger partial charge in [-0.05, 0) is 182 Å². The highest BCUT2D eigenvalue weighted by atomic mass is 15.2. The third kappa shape index (κ3) is 7.82. The zero-order valence-corrected chi connectivity index (χ0v) is 50.3. The summed E-state index contributed by atoms with van der Waals surface area (Å²) in [5.74, 6) is 0. The Morgan fingerprint density at radius 2 is 0.359 bits per heavy atom. The molecule has 0 bridgehead atoms. The molecule has 7 heteroatoms. The number of hydrogen-bond acceptors (Lipinski definition) is 2. The van der Waals surface area contributed by atoms with Crippen molar-refractivity contribution in [3.05, 3.63) is 328 Å². The Hall–Kier alpha value is -12.3. The van der Waals surface area contributed by atoms with Crippen molar-refractivity contribution in [1.29, 1.82) is 0 Å². The quantitative estimate of drug-likeness (QED) is 0.137. The molecule has 432 valence electrons. The lowest BCUT2D eigenvalue weighted by atomic mass is 10.1. The van der Waals surface area contributed by atoms with E-state index in [-0.39, 0.29) is 0 Å². The summed E-state index contributed by atoms with van der Waals surface area (Å²) in [6, 6.07) is 120. The van der Waals surface area contributed by atoms with Crippen LogP contribution in [0, 0.1) is 0 Å². The summed E-state index contributed by atoms with van der Waals surface area (Å²) in [4.78, 5) is 4.83. The van der Waals surface area contributed by atoms with Gasteiger partial charge in [-0.25, -0.2) is 0 Å². The smallest absolute Gasteiger partial charge is 0.0541 e. The van der Waals surface area contributed by atoms with E-state index in [0.717, 1.165) is 67.9 Å². The molecular weight excluding hydrogens is 1120 g/mol. The number of anilines is 6. The van der Waals surface area contributed by atoms with Crippen molar-refractivity contribution in [2.45, 2.75) is 0 Å². The van der Waals surface area contributed by atoms with E-state index < -0.39 is 0 Å². The molecule has 19 aromatic rings. The number of nitrogens with zero attached hydrogens (tertiary/aromatic N) is 7. The predicted molar refractivity (Wildman–Crippen MR) is 387 cm³/mol. The molecule has 0 unspecified atom stereocenters. The van der Waals surface area contributed by atoms with Gasteiger partial charge in [-0.15, -0.1) is 0 Å². The summed E-state index contributed by atoms with van der Waals surface area (Å²) < 4.78 is 11.9. The second-order valence-electron chi connectivity index (χ2n) is 24.2. The van der Waals surface area contributed by atoms with Gasteiger partial charge < -0.3 is 32.6 Å². The first-order chi connectivity index (χ1) is 45.6. The monoisotopic (exact) mass is 1180 g/mol. The van der Waals surface area contributed by atoms with E-state index in [9.17, 15) is 0 Å². The van der Waals surface area contributed by atoms with Gasteiger partial charge in [-0.2, -0.15) is 0 Å². The van der Waals surface area contributed by atoms with Crippen molar-refractivity contribution < 1.29 is 0 Å². The van der Waals surface area contributed by atoms with Crippen LogP contribution in [-0.4, -0.2) is 22.8 Å². The first-order valence-electron chi connectivity index (χ1n) is 31.5. The lowest BCUT2D eigenvalue weighted by Crippen LogP contribution is -2.10. The summed E-state index contributed by atoms with van der Waals surface area (Å²) in [5, 5.41) is 12.3. The van der Waals surface area contributed by atoms with Gasteiger partial charge in [0.1, 0.15) is 0 Å². The number of rotatable bonds is 10. The molecule has 0 aliphatic rings. The maximum Gasteiger partial charge on any atom is 0.0541 e. The van der Waals surface area contributed by atoms with E-state index >= 15 is 0 Å². The first kappa shape index (κ1) is 51.7. The molecule has 0 radical (unpaired) electrons. The van der Waals surface area contributed by atoms with Crippen LogP contribution < -0.4 is 9.80 Å². The third-order valence-electron chi connectivity index (χ3n) is 19.3. The van der Waals surface area contributed by atoms with Gasteiger partial charge in [-0.1, -0.05) is 146 Å². The molecule has 7 nitrogen and oxygen atoms in total. The van der Waals surface area contributed by atoms with Gasteiger partial charge in [0.25, 0.3) is 0 Å². The Morgan fingerprint density at radius 1 is 0.174 bits per heavy atom. The van der Waals surface area contributed by atoms with Gasteiger partial charge >= 0.3 is 0 Å². The average Bonchev–Trinajstić information content (AvgIpc) is 1.61. The minimum Gasteiger partial charge on any atom is -0.344 e. The third-order valence-corrected chi connectivity index (χ3v) is 19.3. The van der Waals surface area contributed by atoms with E-state index in [4.69, 9.17) is 0 Å². The highest BCUT2D eigenvalue weighted by Gasteiger charge is 2.23. The predicted octanol–water partition coefficient (Wildman–Crippen LogP) is 22.7. The topological polar surface area (TPSA) is 31.1 Å². The van der Waals surface area contributed by atoms with E-state index in [1.165, 1.54) is 98.0 Å². The number of aryl methyl sites for hydroxylation is 1. The van der Waals surface area contributed by atoms with Gasteiger partial charge in [0.2, 0.25) is 0 Å². The number of aromatic nitrogens is 5. The molecule has 0 N–H and O–H groups in total. The van der Waals surface area contributed by atoms with Crippen molar-refractivity contribution in [3.8, 4) is 22.7 Å². The number of para-hydroxylation sites is 8. The zero-order chi connectivity index (χ0) is 60.5. The van der Waals surface area contributed by atoms with Crippen LogP contribution in [0.25, 0.3) is 132 Å². The first-order valence-corrected chi connectivity index (χ1v) is 31.5. The van der Waals surface area contributed by atoms with Gasteiger partial charge in [0.15, 0.2) is 0 Å². The van der Waals surface area contributed by atoms with E-state index in [1.807, 2.05) is 0 Å². The number of fused-ring (bicyclic) bond motifs is 15. The van der Waals surface area contributed by atoms with Crippen molar-refractivity contribution >= 4 is 143 Å². The van der Waals surface area contributed by atoms with Crippen LogP contribution in [0.2, 0.25) is 0 Å². The summed E-state index contributed by atoms with van der Waals surface area (Å²) in [6.07, 6.45) is 0. The van der Waals surface area contributed by atoms with Crippen molar-refractivity contribution in [3.63, 3.8) is 0 Å². The van der Waals surface area contributed by atoms with Crippen LogP contribution >= 0.6 is 0 Å². The van der Waals surface area contributed by atoms with Crippen LogP contribution in [-0.2, 0) is 7.05 Å². The minimum absolute atomic E-state index is 1.05. The molecule has 0 atom stereocenters. The van der Waals surface area contributed by atoms with Crippen LogP contribution in [0.5, 0.6) is 0 Å². The fourth-order valence-electron chi connectivity index (χ4n) is 15.2. The van der Waals surface area contributed by atoms with Crippen LogP contribution in [0.4, 0.5) is 34.1 Å². The highest BCUT2D eigenvalue weighted by molar-refractivity contribution is 6.14.